The predicted molar refractivity (Wildman–Crippen MR) is 75.2 cm³/mol. The van der Waals surface area contributed by atoms with Crippen LogP contribution in [0.25, 0.3) is 0 Å². The van der Waals surface area contributed by atoms with Gasteiger partial charge in [-0.3, -0.25) is 4.79 Å². The van der Waals surface area contributed by atoms with E-state index in [0.29, 0.717) is 17.8 Å². The van der Waals surface area contributed by atoms with E-state index in [4.69, 9.17) is 5.26 Å². The van der Waals surface area contributed by atoms with Crippen LogP contribution in [0.5, 0.6) is 0 Å². The number of amides is 1. The third kappa shape index (κ3) is 3.74. The van der Waals surface area contributed by atoms with Crippen LogP contribution in [-0.4, -0.2) is 18.5 Å². The molecule has 1 rings (SSSR count). The number of carbonyl (C=O) groups excluding carboxylic acids is 1. The van der Waals surface area contributed by atoms with Gasteiger partial charge in [0.25, 0.3) is 0 Å². The van der Waals surface area contributed by atoms with E-state index in [9.17, 15) is 4.79 Å². The summed E-state index contributed by atoms with van der Waals surface area (Å²) >= 11 is 3.31. The lowest BCUT2D eigenvalue weighted by Crippen LogP contribution is -2.38. The Morgan fingerprint density at radius 1 is 1.56 bits per heavy atom. The first-order chi connectivity index (χ1) is 8.60. The van der Waals surface area contributed by atoms with Crippen LogP contribution in [0.4, 0.5) is 5.69 Å². The van der Waals surface area contributed by atoms with Gasteiger partial charge in [-0.25, -0.2) is 0 Å². The van der Waals surface area contributed by atoms with Crippen molar-refractivity contribution in [3.8, 4) is 6.07 Å². The number of hydrogen-bond donors (Lipinski definition) is 2. The van der Waals surface area contributed by atoms with Crippen LogP contribution in [0.2, 0.25) is 0 Å². The molecule has 1 aromatic rings. The second-order valence-electron chi connectivity index (χ2n) is 3.93. The fourth-order valence-corrected chi connectivity index (χ4v) is 1.91. The fraction of sp³-hybridized carbons (Fsp3) is 0.385. The fourth-order valence-electron chi connectivity index (χ4n) is 1.46. The maximum absolute atomic E-state index is 11.7. The summed E-state index contributed by atoms with van der Waals surface area (Å²) in [4.78, 5) is 11.7. The number of nitrogens with zero attached hydrogens (tertiary/aromatic N) is 1. The molecule has 18 heavy (non-hydrogen) atoms. The number of halogens is 1. The third-order valence-electron chi connectivity index (χ3n) is 2.44. The molecule has 0 bridgehead atoms. The van der Waals surface area contributed by atoms with Crippen molar-refractivity contribution in [2.75, 3.05) is 11.9 Å². The monoisotopic (exact) mass is 309 g/mol. The molecular formula is C13H16BrN3O. The van der Waals surface area contributed by atoms with Gasteiger partial charge in [0, 0.05) is 11.0 Å². The van der Waals surface area contributed by atoms with E-state index >= 15 is 0 Å². The zero-order valence-electron chi connectivity index (χ0n) is 10.5. The highest BCUT2D eigenvalue weighted by Crippen LogP contribution is 2.24. The van der Waals surface area contributed by atoms with Crippen molar-refractivity contribution in [2.24, 2.45) is 0 Å². The van der Waals surface area contributed by atoms with Crippen molar-refractivity contribution in [2.45, 2.75) is 26.3 Å². The van der Waals surface area contributed by atoms with Crippen molar-refractivity contribution < 1.29 is 4.79 Å². The lowest BCUT2D eigenvalue weighted by atomic mass is 10.1. The number of rotatable bonds is 5. The Balaban J connectivity index is 2.76. The maximum atomic E-state index is 11.7. The molecule has 0 saturated carbocycles. The average molecular weight is 310 g/mol. The van der Waals surface area contributed by atoms with Gasteiger partial charge in [0.15, 0.2) is 0 Å². The van der Waals surface area contributed by atoms with Crippen LogP contribution in [0.1, 0.15) is 25.8 Å². The van der Waals surface area contributed by atoms with Crippen LogP contribution in [0.3, 0.4) is 0 Å². The van der Waals surface area contributed by atoms with Gasteiger partial charge >= 0.3 is 0 Å². The molecule has 0 saturated heterocycles. The highest BCUT2D eigenvalue weighted by atomic mass is 79.9. The van der Waals surface area contributed by atoms with Gasteiger partial charge < -0.3 is 10.6 Å². The smallest absolute Gasteiger partial charge is 0.242 e. The van der Waals surface area contributed by atoms with Gasteiger partial charge in [0.05, 0.1) is 11.3 Å². The van der Waals surface area contributed by atoms with E-state index in [1.165, 1.54) is 0 Å². The molecule has 1 amide bonds. The largest absolute Gasteiger partial charge is 0.373 e. The van der Waals surface area contributed by atoms with E-state index in [1.54, 1.807) is 19.1 Å². The second kappa shape index (κ2) is 7.02. The molecule has 0 radical (unpaired) electrons. The molecule has 1 atom stereocenters. The van der Waals surface area contributed by atoms with Gasteiger partial charge in [0.1, 0.15) is 12.1 Å². The van der Waals surface area contributed by atoms with Crippen molar-refractivity contribution in [3.63, 3.8) is 0 Å². The summed E-state index contributed by atoms with van der Waals surface area (Å²) in [6.07, 6.45) is 0.902. The zero-order valence-corrected chi connectivity index (χ0v) is 12.0. The van der Waals surface area contributed by atoms with Crippen molar-refractivity contribution >= 4 is 27.5 Å². The minimum atomic E-state index is -0.377. The molecular weight excluding hydrogens is 294 g/mol. The molecule has 2 N–H and O–H groups in total. The Morgan fingerprint density at radius 3 is 2.89 bits per heavy atom. The molecule has 0 aliphatic carbocycles. The number of nitriles is 1. The van der Waals surface area contributed by atoms with E-state index < -0.39 is 0 Å². The molecule has 0 aromatic heterocycles. The highest BCUT2D eigenvalue weighted by Gasteiger charge is 2.14. The Kier molecular flexibility index (Phi) is 5.66. The van der Waals surface area contributed by atoms with Gasteiger partial charge in [0.2, 0.25) is 5.91 Å². The van der Waals surface area contributed by atoms with E-state index in [-0.39, 0.29) is 11.9 Å². The summed E-state index contributed by atoms with van der Waals surface area (Å²) in [7, 11) is 0. The summed E-state index contributed by atoms with van der Waals surface area (Å²) in [5.41, 5.74) is 1.17. The molecule has 0 aliphatic rings. The SMILES string of the molecule is CCCNC(=O)C(C)Nc1cccc(Br)c1C#N. The molecule has 1 unspecified atom stereocenters. The van der Waals surface area contributed by atoms with Crippen LogP contribution in [0.15, 0.2) is 22.7 Å². The van der Waals surface area contributed by atoms with Crippen LogP contribution < -0.4 is 10.6 Å². The topological polar surface area (TPSA) is 64.9 Å². The number of hydrogen-bond acceptors (Lipinski definition) is 3. The maximum Gasteiger partial charge on any atom is 0.242 e. The highest BCUT2D eigenvalue weighted by molar-refractivity contribution is 9.10. The molecule has 0 spiro atoms. The summed E-state index contributed by atoms with van der Waals surface area (Å²) in [6, 6.07) is 7.14. The summed E-state index contributed by atoms with van der Waals surface area (Å²) in [5, 5.41) is 14.9. The van der Waals surface area contributed by atoms with E-state index in [1.807, 2.05) is 13.0 Å². The summed E-state index contributed by atoms with van der Waals surface area (Å²) < 4.78 is 0.719. The Hall–Kier alpha value is -1.54. The van der Waals surface area contributed by atoms with Crippen molar-refractivity contribution in [1.29, 1.82) is 5.26 Å². The average Bonchev–Trinajstić information content (AvgIpc) is 2.36. The molecule has 0 heterocycles. The number of carbonyl (C=O) groups is 1. The second-order valence-corrected chi connectivity index (χ2v) is 4.79. The Labute approximate surface area is 116 Å². The lowest BCUT2D eigenvalue weighted by molar-refractivity contribution is -0.121. The number of nitrogens with one attached hydrogen (secondary N) is 2. The quantitative estimate of drug-likeness (QED) is 0.879. The normalized spacial score (nSPS) is 11.4. The first-order valence-electron chi connectivity index (χ1n) is 5.83. The van der Waals surface area contributed by atoms with E-state index in [2.05, 4.69) is 32.6 Å². The van der Waals surface area contributed by atoms with Crippen LogP contribution in [0, 0.1) is 11.3 Å². The predicted octanol–water partition coefficient (Wildman–Crippen LogP) is 2.65. The number of benzene rings is 1. The lowest BCUT2D eigenvalue weighted by Gasteiger charge is -2.16. The zero-order chi connectivity index (χ0) is 13.5. The number of anilines is 1. The van der Waals surface area contributed by atoms with Crippen molar-refractivity contribution in [3.05, 3.63) is 28.2 Å². The van der Waals surface area contributed by atoms with Crippen molar-refractivity contribution in [1.82, 2.24) is 5.32 Å². The van der Waals surface area contributed by atoms with Gasteiger partial charge in [-0.1, -0.05) is 13.0 Å². The van der Waals surface area contributed by atoms with Crippen LogP contribution in [-0.2, 0) is 4.79 Å². The first-order valence-corrected chi connectivity index (χ1v) is 6.62. The summed E-state index contributed by atoms with van der Waals surface area (Å²) in [6.45, 7) is 4.43. The van der Waals surface area contributed by atoms with Gasteiger partial charge in [-0.15, -0.1) is 0 Å². The van der Waals surface area contributed by atoms with Gasteiger partial charge in [-0.2, -0.15) is 5.26 Å². The Morgan fingerprint density at radius 2 is 2.28 bits per heavy atom. The standard InChI is InChI=1S/C13H16BrN3O/c1-3-7-16-13(18)9(2)17-12-6-4-5-11(14)10(12)8-15/h4-6,9,17H,3,7H2,1-2H3,(H,16,18). The Bertz CT molecular complexity index is 468. The molecule has 0 fully saturated rings. The molecule has 96 valence electrons. The minimum absolute atomic E-state index is 0.0688. The van der Waals surface area contributed by atoms with E-state index in [0.717, 1.165) is 10.9 Å². The first kappa shape index (κ1) is 14.5. The van der Waals surface area contributed by atoms with Crippen LogP contribution >= 0.6 is 15.9 Å². The molecule has 4 nitrogen and oxygen atoms in total. The summed E-state index contributed by atoms with van der Waals surface area (Å²) in [5.74, 6) is -0.0688. The molecule has 1 aromatic carbocycles. The minimum Gasteiger partial charge on any atom is -0.373 e. The molecule has 0 aliphatic heterocycles. The molecule has 5 heteroatoms. The van der Waals surface area contributed by atoms with Gasteiger partial charge in [-0.05, 0) is 41.4 Å². The third-order valence-corrected chi connectivity index (χ3v) is 3.10.